The van der Waals surface area contributed by atoms with Crippen molar-refractivity contribution >= 4 is 39.4 Å². The van der Waals surface area contributed by atoms with E-state index < -0.39 is 11.2 Å². The molecule has 6 rings (SSSR count). The van der Waals surface area contributed by atoms with E-state index in [0.29, 0.717) is 47.6 Å². The number of rotatable bonds is 2. The number of ether oxygens (including phenoxy) is 2. The molecule has 2 unspecified atom stereocenters. The Kier molecular flexibility index (Phi) is 9.85. The first-order valence-corrected chi connectivity index (χ1v) is 16.7. The molecule has 2 saturated heterocycles. The number of hydrogen-bond donors (Lipinski definition) is 2. The lowest BCUT2D eigenvalue weighted by atomic mass is 9.95. The summed E-state index contributed by atoms with van der Waals surface area (Å²) in [6.07, 6.45) is 6.25. The van der Waals surface area contributed by atoms with E-state index in [1.54, 1.807) is 40.4 Å². The van der Waals surface area contributed by atoms with E-state index in [2.05, 4.69) is 36.1 Å². The number of H-pyrrole nitrogens is 2. The Hall–Kier alpha value is -4.14. The normalized spacial score (nSPS) is 19.0. The number of amides is 2. The van der Waals surface area contributed by atoms with Crippen LogP contribution in [0, 0.1) is 0 Å². The summed E-state index contributed by atoms with van der Waals surface area (Å²) < 4.78 is 14.1. The lowest BCUT2D eigenvalue weighted by Gasteiger charge is -2.34. The summed E-state index contributed by atoms with van der Waals surface area (Å²) in [5, 5.41) is 5.67. The Morgan fingerprint density at radius 3 is 1.89 bits per heavy atom. The van der Waals surface area contributed by atoms with Gasteiger partial charge in [-0.1, -0.05) is 0 Å². The number of likely N-dealkylation sites (tertiary alicyclic amines) is 2. The van der Waals surface area contributed by atoms with Crippen LogP contribution >= 0.6 is 15.9 Å². The number of carbonyl (C=O) groups is 2. The fraction of sp³-hybridized carbons (Fsp3) is 0.562. The molecule has 6 heterocycles. The Bertz CT molecular complexity index is 1860. The fourth-order valence-electron chi connectivity index (χ4n) is 5.79. The summed E-state index contributed by atoms with van der Waals surface area (Å²) in [6, 6.07) is 5.07. The third-order valence-electron chi connectivity index (χ3n) is 7.87. The van der Waals surface area contributed by atoms with Crippen LogP contribution < -0.4 is 11.1 Å². The Morgan fingerprint density at radius 2 is 1.32 bits per heavy atom. The summed E-state index contributed by atoms with van der Waals surface area (Å²) in [7, 11) is 0. The second-order valence-electron chi connectivity index (χ2n) is 14.0. The molecule has 0 bridgehead atoms. The molecule has 14 nitrogen and oxygen atoms in total. The van der Waals surface area contributed by atoms with E-state index in [0.717, 1.165) is 31.4 Å². The molecule has 15 heteroatoms. The molecule has 0 radical (unpaired) electrons. The summed E-state index contributed by atoms with van der Waals surface area (Å²) in [6.45, 7) is 13.5. The average Bonchev–Trinajstić information content (AvgIpc) is 3.68. The van der Waals surface area contributed by atoms with Crippen molar-refractivity contribution in [2.45, 2.75) is 90.3 Å². The molecule has 4 aromatic rings. The highest BCUT2D eigenvalue weighted by molar-refractivity contribution is 9.10. The van der Waals surface area contributed by atoms with Gasteiger partial charge in [-0.3, -0.25) is 19.8 Å². The molecule has 4 aromatic heterocycles. The maximum atomic E-state index is 12.4. The molecular weight excluding hydrogens is 672 g/mol. The van der Waals surface area contributed by atoms with Crippen molar-refractivity contribution in [1.82, 2.24) is 39.0 Å². The van der Waals surface area contributed by atoms with Gasteiger partial charge in [0.2, 0.25) is 0 Å². The van der Waals surface area contributed by atoms with E-state index in [-0.39, 0.29) is 35.1 Å². The van der Waals surface area contributed by atoms with Crippen molar-refractivity contribution in [2.24, 2.45) is 0 Å². The first-order chi connectivity index (χ1) is 22.1. The molecule has 0 aromatic carbocycles. The molecule has 2 amide bonds. The van der Waals surface area contributed by atoms with Crippen LogP contribution in [0.1, 0.15) is 90.4 Å². The molecule has 254 valence electrons. The molecule has 2 aliphatic heterocycles. The number of aromatic nitrogens is 6. The Labute approximate surface area is 280 Å². The van der Waals surface area contributed by atoms with Crippen LogP contribution in [0.25, 0.3) is 11.3 Å². The third-order valence-corrected chi connectivity index (χ3v) is 8.61. The minimum Gasteiger partial charge on any atom is -0.444 e. The highest BCUT2D eigenvalue weighted by Crippen LogP contribution is 2.30. The lowest BCUT2D eigenvalue weighted by Crippen LogP contribution is -2.42. The zero-order chi connectivity index (χ0) is 34.1. The number of aromatic amines is 2. The van der Waals surface area contributed by atoms with Crippen molar-refractivity contribution in [3.05, 3.63) is 67.2 Å². The topological polar surface area (TPSA) is 159 Å². The lowest BCUT2D eigenvalue weighted by molar-refractivity contribution is 0.0187. The van der Waals surface area contributed by atoms with Crippen LogP contribution in [0.15, 0.2) is 44.7 Å². The maximum absolute atomic E-state index is 12.4. The maximum Gasteiger partial charge on any atom is 0.410 e. The molecule has 2 N–H and O–H groups in total. The van der Waals surface area contributed by atoms with Gasteiger partial charge in [-0.15, -0.1) is 0 Å². The van der Waals surface area contributed by atoms with Crippen LogP contribution in [0.3, 0.4) is 0 Å². The number of piperidine rings is 2. The summed E-state index contributed by atoms with van der Waals surface area (Å²) >= 11 is 3.38. The van der Waals surface area contributed by atoms with E-state index in [1.807, 2.05) is 41.5 Å². The number of nitrogens with one attached hydrogen (secondary N) is 2. The Morgan fingerprint density at radius 1 is 0.809 bits per heavy atom. The first-order valence-electron chi connectivity index (χ1n) is 15.9. The molecule has 47 heavy (non-hydrogen) atoms. The molecule has 0 saturated carbocycles. The van der Waals surface area contributed by atoms with Crippen molar-refractivity contribution in [3.63, 3.8) is 0 Å². The predicted octanol–water partition coefficient (Wildman–Crippen LogP) is 5.04. The minimum absolute atomic E-state index is 0.00763. The summed E-state index contributed by atoms with van der Waals surface area (Å²) in [5.41, 5.74) is 1.28. The zero-order valence-corrected chi connectivity index (χ0v) is 29.3. The van der Waals surface area contributed by atoms with Gasteiger partial charge in [0.1, 0.15) is 15.7 Å². The van der Waals surface area contributed by atoms with Crippen LogP contribution in [-0.4, -0.2) is 88.6 Å². The summed E-state index contributed by atoms with van der Waals surface area (Å²) in [5.74, 6) is 0.0668. The predicted molar refractivity (Wildman–Crippen MR) is 179 cm³/mol. The molecule has 2 atom stereocenters. The number of hydrogen-bond acceptors (Lipinski definition) is 8. The number of halogens is 1. The first kappa shape index (κ1) is 34.2. The smallest absolute Gasteiger partial charge is 0.410 e. The summed E-state index contributed by atoms with van der Waals surface area (Å²) in [4.78, 5) is 61.6. The highest BCUT2D eigenvalue weighted by Gasteiger charge is 2.32. The van der Waals surface area contributed by atoms with Gasteiger partial charge < -0.3 is 19.3 Å². The van der Waals surface area contributed by atoms with E-state index >= 15 is 0 Å². The van der Waals surface area contributed by atoms with Crippen molar-refractivity contribution in [3.8, 4) is 0 Å². The van der Waals surface area contributed by atoms with Crippen LogP contribution in [0.4, 0.5) is 9.59 Å². The largest absolute Gasteiger partial charge is 0.444 e. The zero-order valence-electron chi connectivity index (χ0n) is 27.7. The number of carbonyl (C=O) groups excluding carboxylic acids is 2. The van der Waals surface area contributed by atoms with E-state index in [4.69, 9.17) is 9.47 Å². The molecule has 0 spiro atoms. The van der Waals surface area contributed by atoms with Gasteiger partial charge in [0, 0.05) is 68.6 Å². The third kappa shape index (κ3) is 8.24. The quantitative estimate of drug-likeness (QED) is 0.292. The molecule has 0 aliphatic carbocycles. The number of nitrogens with zero attached hydrogens (tertiary/aromatic N) is 6. The van der Waals surface area contributed by atoms with Crippen LogP contribution in [0.2, 0.25) is 0 Å². The molecular formula is C32H43BrN8O6. The van der Waals surface area contributed by atoms with Crippen molar-refractivity contribution in [1.29, 1.82) is 0 Å². The van der Waals surface area contributed by atoms with Gasteiger partial charge >= 0.3 is 12.2 Å². The second kappa shape index (κ2) is 13.5. The fourth-order valence-corrected chi connectivity index (χ4v) is 6.38. The van der Waals surface area contributed by atoms with E-state index in [9.17, 15) is 19.2 Å². The highest BCUT2D eigenvalue weighted by atomic mass is 79.9. The number of fused-ring (bicyclic) bond motifs is 2. The van der Waals surface area contributed by atoms with Gasteiger partial charge in [-0.05, 0) is 83.2 Å². The minimum atomic E-state index is -0.522. The Balaban J connectivity index is 0.000000185. The molecule has 2 aliphatic rings. The standard InChI is InChI=1S/C16H21BrN4O3.C16H22N4O3/c1-16(2,3)24-15(23)20-8-4-5-10(9-20)13-12(17)14(22)21-11(19-13)6-7-18-21;1-16(2,3)23-15(22)19-8-4-5-11(10-19)12-9-14(21)20-13(18-12)6-7-17-20/h6-7,10,18H,4-5,8-9H2,1-3H3;6-7,9,11,17H,4-5,8,10H2,1-3H3. The van der Waals surface area contributed by atoms with Crippen LogP contribution in [-0.2, 0) is 9.47 Å². The van der Waals surface area contributed by atoms with Gasteiger partial charge in [0.05, 0.1) is 11.4 Å². The van der Waals surface area contributed by atoms with Crippen molar-refractivity contribution < 1.29 is 19.1 Å². The van der Waals surface area contributed by atoms with E-state index in [1.165, 1.54) is 9.03 Å². The molecule has 2 fully saturated rings. The van der Waals surface area contributed by atoms with Crippen LogP contribution in [0.5, 0.6) is 0 Å². The van der Waals surface area contributed by atoms with Gasteiger partial charge in [0.15, 0.2) is 11.3 Å². The monoisotopic (exact) mass is 714 g/mol. The van der Waals surface area contributed by atoms with Gasteiger partial charge in [-0.2, -0.15) is 0 Å². The average molecular weight is 716 g/mol. The second-order valence-corrected chi connectivity index (χ2v) is 14.8. The van der Waals surface area contributed by atoms with Gasteiger partial charge in [-0.25, -0.2) is 28.6 Å². The van der Waals surface area contributed by atoms with Crippen molar-refractivity contribution in [2.75, 3.05) is 26.2 Å². The van der Waals surface area contributed by atoms with Gasteiger partial charge in [0.25, 0.3) is 11.1 Å². The SMILES string of the molecule is CC(C)(C)OC(=O)N1CCCC(c2cc(=O)n3[nH]ccc3n2)C1.CC(C)(C)OC(=O)N1CCCC(c2nc3cc[nH]n3c(=O)c2Br)C1.